The van der Waals surface area contributed by atoms with Crippen molar-refractivity contribution in [3.63, 3.8) is 0 Å². The molecular weight excluding hydrogens is 344 g/mol. The summed E-state index contributed by atoms with van der Waals surface area (Å²) in [5.41, 5.74) is 3.40. The molecule has 0 atom stereocenters. The summed E-state index contributed by atoms with van der Waals surface area (Å²) in [4.78, 5) is 31.7. The normalized spacial score (nSPS) is 10.6. The van der Waals surface area contributed by atoms with E-state index in [1.165, 1.54) is 7.11 Å². The second kappa shape index (κ2) is 7.38. The summed E-state index contributed by atoms with van der Waals surface area (Å²) in [6.45, 7) is -0.297. The van der Waals surface area contributed by atoms with E-state index < -0.39 is 5.91 Å². The molecule has 3 rings (SSSR count). The van der Waals surface area contributed by atoms with Crippen molar-refractivity contribution in [1.82, 2.24) is 10.5 Å². The molecule has 25 heavy (non-hydrogen) atoms. The van der Waals surface area contributed by atoms with E-state index in [2.05, 4.69) is 15.3 Å². The molecule has 128 valence electrons. The number of amides is 1. The summed E-state index contributed by atoms with van der Waals surface area (Å²) >= 11 is 6.01. The molecule has 1 aromatic heterocycles. The highest BCUT2D eigenvalue weighted by Gasteiger charge is 2.17. The molecule has 0 aliphatic rings. The van der Waals surface area contributed by atoms with Crippen molar-refractivity contribution in [1.29, 1.82) is 0 Å². The molecule has 1 heterocycles. The van der Waals surface area contributed by atoms with Crippen LogP contribution in [0.1, 0.15) is 0 Å². The van der Waals surface area contributed by atoms with Gasteiger partial charge in [-0.2, -0.15) is 0 Å². The Morgan fingerprint density at radius 2 is 1.96 bits per heavy atom. The molecule has 7 heteroatoms. The van der Waals surface area contributed by atoms with E-state index in [0.29, 0.717) is 32.8 Å². The van der Waals surface area contributed by atoms with E-state index in [1.54, 1.807) is 30.3 Å². The molecule has 0 bridgehead atoms. The number of aromatic nitrogens is 1. The first-order chi connectivity index (χ1) is 12.1. The Hall–Kier alpha value is -2.83. The van der Waals surface area contributed by atoms with Gasteiger partial charge in [0, 0.05) is 10.4 Å². The molecular formula is C18H15ClN2O4. The monoisotopic (exact) mass is 358 g/mol. The van der Waals surface area contributed by atoms with Crippen molar-refractivity contribution in [2.45, 2.75) is 0 Å². The van der Waals surface area contributed by atoms with Crippen molar-refractivity contribution < 1.29 is 14.4 Å². The zero-order valence-corrected chi connectivity index (χ0v) is 14.1. The lowest BCUT2D eigenvalue weighted by Crippen LogP contribution is -2.28. The lowest BCUT2D eigenvalue weighted by molar-refractivity contribution is -0.133. The minimum Gasteiger partial charge on any atom is -0.482 e. The number of aromatic amines is 1. The summed E-state index contributed by atoms with van der Waals surface area (Å²) in [7, 11) is 1.33. The molecule has 6 nitrogen and oxygen atoms in total. The molecule has 0 unspecified atom stereocenters. The Bertz CT molecular complexity index is 970. The standard InChI is InChI=1S/C18H15ClN2O4/c1-24-21-15(22)10-25-17-13-8-7-12(19)9-14(13)20-18(23)16(17)11-5-3-2-4-6-11/h2-9H,10H2,1H3,(H,20,23)(H,21,22). The predicted molar refractivity (Wildman–Crippen MR) is 95.7 cm³/mol. The third-order valence-electron chi connectivity index (χ3n) is 3.55. The maximum atomic E-state index is 12.6. The van der Waals surface area contributed by atoms with Gasteiger partial charge in [0.1, 0.15) is 5.75 Å². The number of carbonyl (C=O) groups is 1. The van der Waals surface area contributed by atoms with Gasteiger partial charge in [0.25, 0.3) is 11.5 Å². The van der Waals surface area contributed by atoms with Gasteiger partial charge in [-0.25, -0.2) is 5.48 Å². The average molecular weight is 359 g/mol. The second-order valence-corrected chi connectivity index (χ2v) is 5.67. The Balaban J connectivity index is 2.18. The number of nitrogens with one attached hydrogen (secondary N) is 2. The van der Waals surface area contributed by atoms with Gasteiger partial charge in [0.05, 0.1) is 18.2 Å². The maximum absolute atomic E-state index is 12.6. The molecule has 1 amide bonds. The number of benzene rings is 2. The molecule has 0 radical (unpaired) electrons. The fourth-order valence-electron chi connectivity index (χ4n) is 2.54. The van der Waals surface area contributed by atoms with E-state index in [0.717, 1.165) is 0 Å². The first-order valence-electron chi connectivity index (χ1n) is 7.45. The molecule has 0 saturated carbocycles. The third kappa shape index (κ3) is 3.65. The SMILES string of the molecule is CONC(=O)COc1c(-c2ccccc2)c(=O)[nH]c2cc(Cl)ccc12. The Kier molecular flexibility index (Phi) is 5.02. The van der Waals surface area contributed by atoms with Crippen LogP contribution >= 0.6 is 11.6 Å². The predicted octanol–water partition coefficient (Wildman–Crippen LogP) is 2.90. The zero-order valence-electron chi connectivity index (χ0n) is 13.3. The fraction of sp³-hybridized carbons (Fsp3) is 0.111. The number of ether oxygens (including phenoxy) is 1. The topological polar surface area (TPSA) is 80.4 Å². The number of halogens is 1. The Morgan fingerprint density at radius 3 is 2.68 bits per heavy atom. The zero-order chi connectivity index (χ0) is 17.8. The van der Waals surface area contributed by atoms with E-state index in [1.807, 2.05) is 18.2 Å². The summed E-state index contributed by atoms with van der Waals surface area (Å²) in [5, 5.41) is 1.13. The molecule has 0 spiro atoms. The molecule has 3 aromatic rings. The van der Waals surface area contributed by atoms with Crippen LogP contribution in [-0.2, 0) is 9.63 Å². The Morgan fingerprint density at radius 1 is 1.20 bits per heavy atom. The molecule has 2 aromatic carbocycles. The largest absolute Gasteiger partial charge is 0.482 e. The Labute approximate surface area is 148 Å². The highest BCUT2D eigenvalue weighted by molar-refractivity contribution is 6.31. The average Bonchev–Trinajstić information content (AvgIpc) is 2.60. The van der Waals surface area contributed by atoms with E-state index in [9.17, 15) is 9.59 Å². The minimum absolute atomic E-state index is 0.297. The maximum Gasteiger partial charge on any atom is 0.281 e. The summed E-state index contributed by atoms with van der Waals surface area (Å²) < 4.78 is 5.68. The van der Waals surface area contributed by atoms with Gasteiger partial charge in [-0.3, -0.25) is 14.4 Å². The molecule has 0 fully saturated rings. The van der Waals surface area contributed by atoms with Crippen molar-refractivity contribution in [2.24, 2.45) is 0 Å². The number of pyridine rings is 1. The first-order valence-corrected chi connectivity index (χ1v) is 7.83. The van der Waals surface area contributed by atoms with E-state index >= 15 is 0 Å². The lowest BCUT2D eigenvalue weighted by atomic mass is 10.0. The third-order valence-corrected chi connectivity index (χ3v) is 3.79. The molecule has 0 saturated heterocycles. The van der Waals surface area contributed by atoms with Gasteiger partial charge in [0.2, 0.25) is 0 Å². The number of H-pyrrole nitrogens is 1. The van der Waals surface area contributed by atoms with Crippen molar-refractivity contribution in [3.05, 3.63) is 63.9 Å². The van der Waals surface area contributed by atoms with Gasteiger partial charge in [-0.05, 0) is 23.8 Å². The number of fused-ring (bicyclic) bond motifs is 1. The second-order valence-electron chi connectivity index (χ2n) is 5.23. The highest BCUT2D eigenvalue weighted by atomic mass is 35.5. The van der Waals surface area contributed by atoms with Crippen LogP contribution in [0.25, 0.3) is 22.0 Å². The molecule has 0 aliphatic carbocycles. The van der Waals surface area contributed by atoms with E-state index in [4.69, 9.17) is 16.3 Å². The van der Waals surface area contributed by atoms with Gasteiger partial charge in [0.15, 0.2) is 6.61 Å². The minimum atomic E-state index is -0.469. The van der Waals surface area contributed by atoms with Gasteiger partial charge >= 0.3 is 0 Å². The van der Waals surface area contributed by atoms with Crippen molar-refractivity contribution >= 4 is 28.4 Å². The number of hydrogen-bond donors (Lipinski definition) is 2. The van der Waals surface area contributed by atoms with Gasteiger partial charge in [-0.15, -0.1) is 0 Å². The van der Waals surface area contributed by atoms with Crippen LogP contribution in [0.3, 0.4) is 0 Å². The number of hydroxylamine groups is 1. The van der Waals surface area contributed by atoms with Crippen LogP contribution in [0.4, 0.5) is 0 Å². The first kappa shape index (κ1) is 17.0. The van der Waals surface area contributed by atoms with Crippen LogP contribution in [-0.4, -0.2) is 24.6 Å². The number of hydrogen-bond acceptors (Lipinski definition) is 4. The van der Waals surface area contributed by atoms with Gasteiger partial charge in [-0.1, -0.05) is 41.9 Å². The summed E-state index contributed by atoms with van der Waals surface area (Å²) in [6, 6.07) is 14.2. The van der Waals surface area contributed by atoms with E-state index in [-0.39, 0.29) is 12.2 Å². The van der Waals surface area contributed by atoms with Crippen LogP contribution < -0.4 is 15.8 Å². The molecule has 0 aliphatic heterocycles. The van der Waals surface area contributed by atoms with Crippen LogP contribution in [0.5, 0.6) is 5.75 Å². The fourth-order valence-corrected chi connectivity index (χ4v) is 2.71. The summed E-state index contributed by atoms with van der Waals surface area (Å²) in [6.07, 6.45) is 0. The van der Waals surface area contributed by atoms with Crippen LogP contribution in [0.15, 0.2) is 53.3 Å². The quantitative estimate of drug-likeness (QED) is 0.687. The van der Waals surface area contributed by atoms with Crippen LogP contribution in [0, 0.1) is 0 Å². The lowest BCUT2D eigenvalue weighted by Gasteiger charge is -2.14. The van der Waals surface area contributed by atoms with Crippen molar-refractivity contribution in [3.8, 4) is 16.9 Å². The number of rotatable bonds is 5. The van der Waals surface area contributed by atoms with Crippen molar-refractivity contribution in [2.75, 3.05) is 13.7 Å². The molecule has 2 N–H and O–H groups in total. The highest BCUT2D eigenvalue weighted by Crippen LogP contribution is 2.34. The van der Waals surface area contributed by atoms with Crippen LogP contribution in [0.2, 0.25) is 5.02 Å². The number of carbonyl (C=O) groups excluding carboxylic acids is 1. The summed E-state index contributed by atoms with van der Waals surface area (Å²) in [5.74, 6) is -0.156. The van der Waals surface area contributed by atoms with Gasteiger partial charge < -0.3 is 9.72 Å². The smallest absolute Gasteiger partial charge is 0.281 e.